The molecule has 0 unspecified atom stereocenters. The predicted octanol–water partition coefficient (Wildman–Crippen LogP) is 1.59. The standard InChI is InChI=1S/C23H21FN4O4/c1-14-5-4-10-26(13-14)20-19(21(29)27(23(20)31)11-12-32-3)18-15(2)25-28(22(18)30)17-8-6-16(24)7-9-17/h4-10,13H,11-12H2,1-3H3/p+1. The third-order valence-corrected chi connectivity index (χ3v) is 5.28. The molecule has 0 fully saturated rings. The lowest BCUT2D eigenvalue weighted by atomic mass is 10.1. The van der Waals surface area contributed by atoms with E-state index in [2.05, 4.69) is 5.10 Å². The van der Waals surface area contributed by atoms with Gasteiger partial charge in [0.25, 0.3) is 17.2 Å². The summed E-state index contributed by atoms with van der Waals surface area (Å²) in [6.07, 6.45) is 3.38. The summed E-state index contributed by atoms with van der Waals surface area (Å²) in [6.45, 7) is 3.74. The number of rotatable bonds is 6. The van der Waals surface area contributed by atoms with Crippen molar-refractivity contribution in [2.45, 2.75) is 13.8 Å². The van der Waals surface area contributed by atoms with Crippen LogP contribution in [0.1, 0.15) is 16.8 Å². The molecule has 1 aliphatic heterocycles. The molecule has 0 bridgehead atoms. The van der Waals surface area contributed by atoms with Crippen molar-refractivity contribution in [1.29, 1.82) is 0 Å². The number of halogens is 1. The highest BCUT2D eigenvalue weighted by atomic mass is 19.1. The molecule has 1 N–H and O–H groups in total. The van der Waals surface area contributed by atoms with E-state index in [4.69, 9.17) is 4.74 Å². The molecule has 0 saturated heterocycles. The highest BCUT2D eigenvalue weighted by Crippen LogP contribution is 2.29. The summed E-state index contributed by atoms with van der Waals surface area (Å²) in [4.78, 5) is 41.1. The third kappa shape index (κ3) is 3.56. The van der Waals surface area contributed by atoms with Crippen LogP contribution in [0.25, 0.3) is 17.0 Å². The van der Waals surface area contributed by atoms with Crippen LogP contribution in [0.5, 0.6) is 0 Å². The average molecular weight is 437 g/mol. The van der Waals surface area contributed by atoms with E-state index in [1.807, 2.05) is 13.0 Å². The van der Waals surface area contributed by atoms with Crippen LogP contribution in [0.2, 0.25) is 0 Å². The molecule has 0 aliphatic carbocycles. The van der Waals surface area contributed by atoms with Crippen LogP contribution >= 0.6 is 0 Å². The first-order valence-electron chi connectivity index (χ1n) is 9.99. The molecule has 4 rings (SSSR count). The number of methoxy groups -OCH3 is 1. The van der Waals surface area contributed by atoms with Crippen LogP contribution in [-0.2, 0) is 14.3 Å². The molecule has 0 spiro atoms. The van der Waals surface area contributed by atoms with E-state index in [1.54, 1.807) is 30.0 Å². The summed E-state index contributed by atoms with van der Waals surface area (Å²) >= 11 is 0. The van der Waals surface area contributed by atoms with Crippen molar-refractivity contribution in [2.75, 3.05) is 20.3 Å². The molecule has 0 saturated carbocycles. The Morgan fingerprint density at radius 2 is 1.78 bits per heavy atom. The fourth-order valence-corrected chi connectivity index (χ4v) is 3.76. The summed E-state index contributed by atoms with van der Waals surface area (Å²) in [5.41, 5.74) is 1.39. The molecule has 3 aromatic rings. The summed E-state index contributed by atoms with van der Waals surface area (Å²) < 4.78 is 21.2. The van der Waals surface area contributed by atoms with Gasteiger partial charge in [-0.25, -0.2) is 9.07 Å². The second kappa shape index (κ2) is 8.35. The second-order valence-electron chi connectivity index (χ2n) is 7.50. The zero-order valence-electron chi connectivity index (χ0n) is 17.9. The lowest BCUT2D eigenvalue weighted by molar-refractivity contribution is -0.577. The fraction of sp³-hybridized carbons (Fsp3) is 0.217. The average Bonchev–Trinajstić information content (AvgIpc) is 3.18. The monoisotopic (exact) mass is 437 g/mol. The number of carbonyl (C=O) groups is 2. The summed E-state index contributed by atoms with van der Waals surface area (Å²) in [7, 11) is 1.48. The van der Waals surface area contributed by atoms with E-state index in [-0.39, 0.29) is 30.0 Å². The number of ether oxygens (including phenoxy) is 1. The maximum absolute atomic E-state index is 13.4. The Morgan fingerprint density at radius 3 is 2.44 bits per heavy atom. The Hall–Kier alpha value is -3.85. The fourth-order valence-electron chi connectivity index (χ4n) is 3.76. The van der Waals surface area contributed by atoms with Gasteiger partial charge in [-0.1, -0.05) is 0 Å². The van der Waals surface area contributed by atoms with Crippen LogP contribution in [0.3, 0.4) is 0 Å². The maximum atomic E-state index is 13.4. The van der Waals surface area contributed by atoms with Gasteiger partial charge in [0.2, 0.25) is 0 Å². The number of carbonyl (C=O) groups excluding carboxylic acids is 2. The number of hydrogen-bond acceptors (Lipinski definition) is 4. The van der Waals surface area contributed by atoms with Crippen molar-refractivity contribution in [3.63, 3.8) is 0 Å². The summed E-state index contributed by atoms with van der Waals surface area (Å²) in [5.74, 6) is -1.51. The first-order valence-corrected chi connectivity index (χ1v) is 9.99. The van der Waals surface area contributed by atoms with Gasteiger partial charge in [0, 0.05) is 24.4 Å². The minimum Gasteiger partial charge on any atom is -0.383 e. The van der Waals surface area contributed by atoms with Gasteiger partial charge in [-0.15, -0.1) is 0 Å². The molecule has 32 heavy (non-hydrogen) atoms. The largest absolute Gasteiger partial charge is 0.383 e. The molecule has 3 heterocycles. The van der Waals surface area contributed by atoms with Crippen LogP contribution < -0.4 is 10.1 Å². The first kappa shape index (κ1) is 21.4. The number of aromatic amines is 1. The van der Waals surface area contributed by atoms with Crippen molar-refractivity contribution in [3.05, 3.63) is 81.8 Å². The maximum Gasteiger partial charge on any atom is 0.326 e. The lowest BCUT2D eigenvalue weighted by Crippen LogP contribution is -2.40. The van der Waals surface area contributed by atoms with Crippen LogP contribution in [-0.4, -0.2) is 46.8 Å². The molecule has 2 aromatic heterocycles. The van der Waals surface area contributed by atoms with Gasteiger partial charge in [0.1, 0.15) is 11.4 Å². The van der Waals surface area contributed by atoms with Crippen molar-refractivity contribution >= 4 is 23.1 Å². The number of benzene rings is 1. The smallest absolute Gasteiger partial charge is 0.326 e. The van der Waals surface area contributed by atoms with Gasteiger partial charge < -0.3 is 4.74 Å². The zero-order valence-corrected chi connectivity index (χ0v) is 17.9. The van der Waals surface area contributed by atoms with Gasteiger partial charge in [-0.3, -0.25) is 24.4 Å². The molecule has 8 nitrogen and oxygen atoms in total. The minimum absolute atomic E-state index is 0.0151. The molecular formula is C23H22FN4O4+. The Balaban J connectivity index is 1.94. The molecular weight excluding hydrogens is 415 g/mol. The van der Waals surface area contributed by atoms with E-state index >= 15 is 0 Å². The molecule has 0 radical (unpaired) electrons. The molecule has 9 heteroatoms. The molecule has 1 aliphatic rings. The first-order chi connectivity index (χ1) is 15.3. The summed E-state index contributed by atoms with van der Waals surface area (Å²) in [6, 6.07) is 9.00. The second-order valence-corrected chi connectivity index (χ2v) is 7.50. The van der Waals surface area contributed by atoms with Gasteiger partial charge in [0.15, 0.2) is 12.4 Å². The van der Waals surface area contributed by atoms with Crippen LogP contribution in [0.15, 0.2) is 53.6 Å². The highest BCUT2D eigenvalue weighted by molar-refractivity contribution is 6.44. The minimum atomic E-state index is -0.568. The van der Waals surface area contributed by atoms with E-state index in [9.17, 15) is 18.8 Å². The molecule has 2 amide bonds. The Kier molecular flexibility index (Phi) is 5.58. The summed E-state index contributed by atoms with van der Waals surface area (Å²) in [5, 5.41) is 2.93. The Bertz CT molecular complexity index is 1300. The van der Waals surface area contributed by atoms with Gasteiger partial charge in [0.05, 0.1) is 24.4 Å². The number of pyridine rings is 1. The van der Waals surface area contributed by atoms with E-state index in [0.717, 1.165) is 10.5 Å². The third-order valence-electron chi connectivity index (χ3n) is 5.28. The number of amides is 2. The molecule has 1 aromatic carbocycles. The number of aromatic nitrogens is 3. The number of imide groups is 1. The van der Waals surface area contributed by atoms with Gasteiger partial charge in [-0.05, 0) is 44.2 Å². The quantitative estimate of drug-likeness (QED) is 0.469. The SMILES string of the molecule is COCCN1C(=O)C(c2c(C)[nH]n(-c3ccc(F)cc3)c2=O)=C([n+]2cccc(C)c2)C1=O. The number of nitrogens with zero attached hydrogens (tertiary/aromatic N) is 3. The van der Waals surface area contributed by atoms with Crippen molar-refractivity contribution in [2.24, 2.45) is 0 Å². The van der Waals surface area contributed by atoms with Crippen molar-refractivity contribution in [1.82, 2.24) is 14.7 Å². The Morgan fingerprint density at radius 1 is 1.06 bits per heavy atom. The number of aryl methyl sites for hydroxylation is 2. The van der Waals surface area contributed by atoms with Crippen LogP contribution in [0, 0.1) is 19.7 Å². The van der Waals surface area contributed by atoms with Crippen molar-refractivity contribution in [3.8, 4) is 5.69 Å². The zero-order chi connectivity index (χ0) is 23.0. The topological polar surface area (TPSA) is 88.3 Å². The number of hydrogen-bond donors (Lipinski definition) is 1. The number of H-pyrrole nitrogens is 1. The Labute approximate surface area is 183 Å². The van der Waals surface area contributed by atoms with E-state index in [0.29, 0.717) is 11.4 Å². The van der Waals surface area contributed by atoms with Gasteiger partial charge >= 0.3 is 5.91 Å². The van der Waals surface area contributed by atoms with E-state index < -0.39 is 23.2 Å². The van der Waals surface area contributed by atoms with Crippen molar-refractivity contribution < 1.29 is 23.3 Å². The van der Waals surface area contributed by atoms with Crippen LogP contribution in [0.4, 0.5) is 4.39 Å². The molecule has 0 atom stereocenters. The number of nitrogens with one attached hydrogen (secondary N) is 1. The van der Waals surface area contributed by atoms with Gasteiger partial charge in [-0.2, -0.15) is 4.57 Å². The predicted molar refractivity (Wildman–Crippen MR) is 114 cm³/mol. The molecule has 164 valence electrons. The lowest BCUT2D eigenvalue weighted by Gasteiger charge is -2.12. The van der Waals surface area contributed by atoms with E-state index in [1.165, 1.54) is 36.1 Å². The normalized spacial score (nSPS) is 14.1. The highest BCUT2D eigenvalue weighted by Gasteiger charge is 2.47.